The zero-order chi connectivity index (χ0) is 17.7. The lowest BCUT2D eigenvalue weighted by Gasteiger charge is -2.22. The lowest BCUT2D eigenvalue weighted by molar-refractivity contribution is -0.384. The maximum absolute atomic E-state index is 12.6. The summed E-state index contributed by atoms with van der Waals surface area (Å²) in [7, 11) is -0.0805. The normalized spacial score (nSPS) is 13.0. The van der Waals surface area contributed by atoms with Gasteiger partial charge in [-0.25, -0.2) is 13.1 Å². The number of sulfonamides is 1. The molecule has 0 heterocycles. The minimum absolute atomic E-state index is 0.00668. The number of hydrogen-bond donors (Lipinski definition) is 1. The van der Waals surface area contributed by atoms with E-state index in [4.69, 9.17) is 0 Å². The molecule has 0 aliphatic heterocycles. The summed E-state index contributed by atoms with van der Waals surface area (Å²) in [6, 6.07) is 13.7. The van der Waals surface area contributed by atoms with E-state index in [0.717, 1.165) is 5.56 Å². The maximum Gasteiger partial charge on any atom is 0.269 e. The SMILES string of the molecule is CN(C)C[C@H](NS(=O)(=O)c1ccc([N+](=O)[O-])cc1)c1ccccc1. The monoisotopic (exact) mass is 349 g/mol. The van der Waals surface area contributed by atoms with Gasteiger partial charge in [0.15, 0.2) is 0 Å². The molecule has 0 aliphatic rings. The van der Waals surface area contributed by atoms with Crippen LogP contribution < -0.4 is 4.72 Å². The van der Waals surface area contributed by atoms with Crippen molar-refractivity contribution in [3.8, 4) is 0 Å². The number of nitrogens with one attached hydrogen (secondary N) is 1. The summed E-state index contributed by atoms with van der Waals surface area (Å²) in [6.45, 7) is 0.482. The van der Waals surface area contributed by atoms with E-state index in [9.17, 15) is 18.5 Å². The van der Waals surface area contributed by atoms with E-state index in [1.54, 1.807) is 0 Å². The molecule has 0 aromatic heterocycles. The molecule has 0 amide bonds. The Kier molecular flexibility index (Phi) is 5.66. The van der Waals surface area contributed by atoms with E-state index in [1.807, 2.05) is 49.3 Å². The van der Waals surface area contributed by atoms with Crippen LogP contribution in [0.5, 0.6) is 0 Å². The lowest BCUT2D eigenvalue weighted by Crippen LogP contribution is -2.35. The minimum atomic E-state index is -3.79. The second kappa shape index (κ2) is 7.52. The fourth-order valence-electron chi connectivity index (χ4n) is 2.26. The number of nitrogens with zero attached hydrogens (tertiary/aromatic N) is 2. The number of non-ortho nitro benzene ring substituents is 1. The van der Waals surface area contributed by atoms with Crippen molar-refractivity contribution in [2.24, 2.45) is 0 Å². The molecule has 0 unspecified atom stereocenters. The number of hydrogen-bond acceptors (Lipinski definition) is 5. The molecule has 0 aliphatic carbocycles. The van der Waals surface area contributed by atoms with Crippen LogP contribution in [-0.4, -0.2) is 38.9 Å². The van der Waals surface area contributed by atoms with Gasteiger partial charge in [-0.05, 0) is 31.8 Å². The van der Waals surface area contributed by atoms with E-state index in [-0.39, 0.29) is 10.6 Å². The molecular formula is C16H19N3O4S. The highest BCUT2D eigenvalue weighted by molar-refractivity contribution is 7.89. The molecule has 0 bridgehead atoms. The Morgan fingerprint density at radius 1 is 1.08 bits per heavy atom. The van der Waals surface area contributed by atoms with Crippen molar-refractivity contribution in [1.82, 2.24) is 9.62 Å². The topological polar surface area (TPSA) is 92.6 Å². The Balaban J connectivity index is 2.28. The second-order valence-corrected chi connectivity index (χ2v) is 7.31. The fourth-order valence-corrected chi connectivity index (χ4v) is 3.48. The van der Waals surface area contributed by atoms with Crippen LogP contribution in [0.4, 0.5) is 5.69 Å². The summed E-state index contributed by atoms with van der Waals surface area (Å²) in [4.78, 5) is 12.0. The summed E-state index contributed by atoms with van der Waals surface area (Å²) in [6.07, 6.45) is 0. The second-order valence-electron chi connectivity index (χ2n) is 5.60. The fraction of sp³-hybridized carbons (Fsp3) is 0.250. The molecule has 24 heavy (non-hydrogen) atoms. The van der Waals surface area contributed by atoms with Crippen molar-refractivity contribution < 1.29 is 13.3 Å². The first-order valence-corrected chi connectivity index (χ1v) is 8.74. The highest BCUT2D eigenvalue weighted by Gasteiger charge is 2.22. The van der Waals surface area contributed by atoms with Crippen LogP contribution in [0.25, 0.3) is 0 Å². The predicted molar refractivity (Wildman–Crippen MR) is 91.2 cm³/mol. The summed E-state index contributed by atoms with van der Waals surface area (Å²) >= 11 is 0. The Hall–Kier alpha value is -2.29. The van der Waals surface area contributed by atoms with Crippen LogP contribution >= 0.6 is 0 Å². The molecule has 1 atom stereocenters. The summed E-state index contributed by atoms with van der Waals surface area (Å²) in [5.74, 6) is 0. The third kappa shape index (κ3) is 4.60. The van der Waals surface area contributed by atoms with Gasteiger partial charge in [0.25, 0.3) is 5.69 Å². The molecule has 0 saturated heterocycles. The highest BCUT2D eigenvalue weighted by atomic mass is 32.2. The van der Waals surface area contributed by atoms with Crippen molar-refractivity contribution in [2.45, 2.75) is 10.9 Å². The molecule has 7 nitrogen and oxygen atoms in total. The molecule has 0 saturated carbocycles. The van der Waals surface area contributed by atoms with Gasteiger partial charge in [0.05, 0.1) is 15.9 Å². The van der Waals surface area contributed by atoms with Gasteiger partial charge >= 0.3 is 0 Å². The van der Waals surface area contributed by atoms with E-state index >= 15 is 0 Å². The Morgan fingerprint density at radius 2 is 1.67 bits per heavy atom. The number of nitro groups is 1. The van der Waals surface area contributed by atoms with Gasteiger partial charge in [0.1, 0.15) is 0 Å². The average Bonchev–Trinajstić information content (AvgIpc) is 2.54. The Labute approximate surface area is 141 Å². The maximum atomic E-state index is 12.6. The molecule has 2 aromatic rings. The number of likely N-dealkylation sites (N-methyl/N-ethyl adjacent to an activating group) is 1. The van der Waals surface area contributed by atoms with E-state index in [1.165, 1.54) is 24.3 Å². The molecule has 1 N–H and O–H groups in total. The quantitative estimate of drug-likeness (QED) is 0.611. The first-order valence-electron chi connectivity index (χ1n) is 7.26. The number of nitro benzene ring substituents is 1. The van der Waals surface area contributed by atoms with Crippen LogP contribution in [0.15, 0.2) is 59.5 Å². The lowest BCUT2D eigenvalue weighted by atomic mass is 10.1. The standard InChI is InChI=1S/C16H19N3O4S/c1-18(2)12-16(13-6-4-3-5-7-13)17-24(22,23)15-10-8-14(9-11-15)19(20)21/h3-11,16-17H,12H2,1-2H3/t16-/m0/s1. The summed E-state index contributed by atoms with van der Waals surface area (Å²) in [5.41, 5.74) is 0.693. The predicted octanol–water partition coefficient (Wildman–Crippen LogP) is 2.18. The molecular weight excluding hydrogens is 330 g/mol. The van der Waals surface area contributed by atoms with Gasteiger partial charge in [-0.1, -0.05) is 30.3 Å². The van der Waals surface area contributed by atoms with Crippen molar-refractivity contribution in [2.75, 3.05) is 20.6 Å². The van der Waals surface area contributed by atoms with Gasteiger partial charge in [0, 0.05) is 18.7 Å². The first kappa shape index (κ1) is 18.1. The summed E-state index contributed by atoms with van der Waals surface area (Å²) < 4.78 is 27.8. The van der Waals surface area contributed by atoms with Gasteiger partial charge in [0.2, 0.25) is 10.0 Å². The van der Waals surface area contributed by atoms with Gasteiger partial charge in [-0.3, -0.25) is 10.1 Å². The van der Waals surface area contributed by atoms with E-state index in [2.05, 4.69) is 4.72 Å². The van der Waals surface area contributed by atoms with Crippen molar-refractivity contribution in [3.63, 3.8) is 0 Å². The van der Waals surface area contributed by atoms with Crippen LogP contribution in [-0.2, 0) is 10.0 Å². The van der Waals surface area contributed by atoms with Crippen LogP contribution in [0.3, 0.4) is 0 Å². The van der Waals surface area contributed by atoms with Crippen molar-refractivity contribution in [1.29, 1.82) is 0 Å². The molecule has 2 rings (SSSR count). The van der Waals surface area contributed by atoms with Gasteiger partial charge in [-0.2, -0.15) is 0 Å². The smallest absolute Gasteiger partial charge is 0.269 e. The molecule has 0 fully saturated rings. The highest BCUT2D eigenvalue weighted by Crippen LogP contribution is 2.20. The number of rotatable bonds is 7. The number of benzene rings is 2. The summed E-state index contributed by atoms with van der Waals surface area (Å²) in [5, 5.41) is 10.7. The third-order valence-corrected chi connectivity index (χ3v) is 4.89. The molecule has 128 valence electrons. The van der Waals surface area contributed by atoms with Crippen molar-refractivity contribution in [3.05, 3.63) is 70.3 Å². The third-order valence-electron chi connectivity index (χ3n) is 3.40. The van der Waals surface area contributed by atoms with E-state index in [0.29, 0.717) is 6.54 Å². The average molecular weight is 349 g/mol. The van der Waals surface area contributed by atoms with Crippen LogP contribution in [0.2, 0.25) is 0 Å². The van der Waals surface area contributed by atoms with Crippen LogP contribution in [0, 0.1) is 10.1 Å². The Bertz CT molecular complexity index is 790. The van der Waals surface area contributed by atoms with Crippen molar-refractivity contribution >= 4 is 15.7 Å². The largest absolute Gasteiger partial charge is 0.307 e. The van der Waals surface area contributed by atoms with Gasteiger partial charge < -0.3 is 4.90 Å². The molecule has 0 radical (unpaired) electrons. The van der Waals surface area contributed by atoms with Gasteiger partial charge in [-0.15, -0.1) is 0 Å². The molecule has 0 spiro atoms. The van der Waals surface area contributed by atoms with Crippen LogP contribution in [0.1, 0.15) is 11.6 Å². The zero-order valence-electron chi connectivity index (χ0n) is 13.4. The first-order chi connectivity index (χ1) is 11.3. The minimum Gasteiger partial charge on any atom is -0.307 e. The molecule has 2 aromatic carbocycles. The zero-order valence-corrected chi connectivity index (χ0v) is 14.2. The van der Waals surface area contributed by atoms with E-state index < -0.39 is 21.0 Å². The Morgan fingerprint density at radius 3 is 2.17 bits per heavy atom. The molecule has 8 heteroatoms.